The summed E-state index contributed by atoms with van der Waals surface area (Å²) in [5, 5.41) is 12.3. The maximum Gasteiger partial charge on any atom is 0.214 e. The molecule has 7 heteroatoms. The predicted octanol–water partition coefficient (Wildman–Crippen LogP) is 2.18. The zero-order valence-electron chi connectivity index (χ0n) is 12.3. The van der Waals surface area contributed by atoms with Crippen LogP contribution in [0.15, 0.2) is 16.7 Å². The van der Waals surface area contributed by atoms with Gasteiger partial charge in [0.2, 0.25) is 5.78 Å². The molecule has 0 aliphatic heterocycles. The average molecular weight is 353 g/mol. The van der Waals surface area contributed by atoms with Crippen molar-refractivity contribution in [2.24, 2.45) is 0 Å². The summed E-state index contributed by atoms with van der Waals surface area (Å²) in [6, 6.07) is 1.77. The molecule has 0 aliphatic carbocycles. The quantitative estimate of drug-likeness (QED) is 0.745. The number of aryl methyl sites for hydroxylation is 2. The van der Waals surface area contributed by atoms with Crippen LogP contribution in [-0.2, 0) is 17.7 Å². The highest BCUT2D eigenvalue weighted by Crippen LogP contribution is 2.21. The van der Waals surface area contributed by atoms with Crippen molar-refractivity contribution >= 4 is 21.7 Å². The number of ether oxygens (including phenoxy) is 1. The summed E-state index contributed by atoms with van der Waals surface area (Å²) in [5.74, 6) is -0.106. The summed E-state index contributed by atoms with van der Waals surface area (Å²) in [6.07, 6.45) is 2.27. The number of halogens is 1. The van der Waals surface area contributed by atoms with Gasteiger partial charge in [-0.15, -0.1) is 0 Å². The van der Waals surface area contributed by atoms with Gasteiger partial charge in [-0.05, 0) is 35.3 Å². The standard InChI is InChI=1S/C14H17BrN4O2/c1-4-12-10(7-9(2)17-18-12)14(20)13-11(15)8-16-19(13)5-6-21-3/h7-8H,4-6H2,1-3H3. The van der Waals surface area contributed by atoms with E-state index >= 15 is 0 Å². The molecule has 0 saturated carbocycles. The van der Waals surface area contributed by atoms with Crippen LogP contribution in [0.25, 0.3) is 0 Å². The van der Waals surface area contributed by atoms with Gasteiger partial charge < -0.3 is 4.74 Å². The van der Waals surface area contributed by atoms with Crippen LogP contribution < -0.4 is 0 Å². The van der Waals surface area contributed by atoms with Gasteiger partial charge in [0, 0.05) is 12.7 Å². The Morgan fingerprint density at radius 3 is 2.86 bits per heavy atom. The Labute approximate surface area is 131 Å². The number of rotatable bonds is 6. The van der Waals surface area contributed by atoms with Crippen LogP contribution in [0.5, 0.6) is 0 Å². The Kier molecular flexibility index (Phi) is 5.19. The Morgan fingerprint density at radius 2 is 2.19 bits per heavy atom. The highest BCUT2D eigenvalue weighted by atomic mass is 79.9. The first-order valence-electron chi connectivity index (χ1n) is 6.66. The molecule has 0 bridgehead atoms. The van der Waals surface area contributed by atoms with E-state index in [0.717, 1.165) is 5.69 Å². The minimum Gasteiger partial charge on any atom is -0.383 e. The van der Waals surface area contributed by atoms with Crippen molar-refractivity contribution in [2.45, 2.75) is 26.8 Å². The molecule has 0 saturated heterocycles. The van der Waals surface area contributed by atoms with Crippen molar-refractivity contribution in [3.63, 3.8) is 0 Å². The Bertz CT molecular complexity index is 654. The van der Waals surface area contributed by atoms with E-state index in [9.17, 15) is 4.79 Å². The molecule has 2 aromatic rings. The summed E-state index contributed by atoms with van der Waals surface area (Å²) in [7, 11) is 1.62. The van der Waals surface area contributed by atoms with Crippen molar-refractivity contribution in [3.8, 4) is 0 Å². The summed E-state index contributed by atoms with van der Waals surface area (Å²) < 4.78 is 7.36. The molecule has 112 valence electrons. The highest BCUT2D eigenvalue weighted by molar-refractivity contribution is 9.10. The molecule has 0 radical (unpaired) electrons. The fourth-order valence-electron chi connectivity index (χ4n) is 2.03. The van der Waals surface area contributed by atoms with Gasteiger partial charge in [-0.1, -0.05) is 6.92 Å². The van der Waals surface area contributed by atoms with Crippen molar-refractivity contribution in [3.05, 3.63) is 39.4 Å². The van der Waals surface area contributed by atoms with E-state index in [2.05, 4.69) is 31.2 Å². The summed E-state index contributed by atoms with van der Waals surface area (Å²) in [6.45, 7) is 4.78. The van der Waals surface area contributed by atoms with E-state index in [1.54, 1.807) is 24.1 Å². The molecule has 0 fully saturated rings. The molecule has 2 heterocycles. The second kappa shape index (κ2) is 6.91. The van der Waals surface area contributed by atoms with Gasteiger partial charge in [0.25, 0.3) is 0 Å². The number of hydrogen-bond acceptors (Lipinski definition) is 5. The van der Waals surface area contributed by atoms with Crippen molar-refractivity contribution < 1.29 is 9.53 Å². The molecular formula is C14H17BrN4O2. The SMILES string of the molecule is CCc1nnc(C)cc1C(=O)c1c(Br)cnn1CCOC. The lowest BCUT2D eigenvalue weighted by atomic mass is 10.0. The van der Waals surface area contributed by atoms with Crippen molar-refractivity contribution in [2.75, 3.05) is 13.7 Å². The second-order valence-corrected chi connectivity index (χ2v) is 5.44. The molecule has 6 nitrogen and oxygen atoms in total. The van der Waals surface area contributed by atoms with Gasteiger partial charge in [-0.25, -0.2) is 0 Å². The molecule has 0 N–H and O–H groups in total. The van der Waals surface area contributed by atoms with E-state index < -0.39 is 0 Å². The van der Waals surface area contributed by atoms with Gasteiger partial charge in [0.15, 0.2) is 0 Å². The monoisotopic (exact) mass is 352 g/mol. The number of carbonyl (C=O) groups is 1. The van der Waals surface area contributed by atoms with E-state index in [-0.39, 0.29) is 5.78 Å². The number of methoxy groups -OCH3 is 1. The molecule has 0 unspecified atom stereocenters. The van der Waals surface area contributed by atoms with Gasteiger partial charge in [-0.3, -0.25) is 9.48 Å². The van der Waals surface area contributed by atoms with Gasteiger partial charge in [0.05, 0.1) is 35.2 Å². The van der Waals surface area contributed by atoms with Crippen LogP contribution in [0, 0.1) is 6.92 Å². The molecule has 0 spiro atoms. The van der Waals surface area contributed by atoms with Crippen LogP contribution in [0.1, 0.15) is 34.4 Å². The molecular weight excluding hydrogens is 336 g/mol. The maximum atomic E-state index is 12.8. The number of aromatic nitrogens is 4. The average Bonchev–Trinajstić information content (AvgIpc) is 2.85. The lowest BCUT2D eigenvalue weighted by Gasteiger charge is -2.09. The van der Waals surface area contributed by atoms with Gasteiger partial charge in [0.1, 0.15) is 5.69 Å². The topological polar surface area (TPSA) is 69.9 Å². The van der Waals surface area contributed by atoms with Crippen LogP contribution >= 0.6 is 15.9 Å². The van der Waals surface area contributed by atoms with E-state index in [4.69, 9.17) is 4.74 Å². The maximum absolute atomic E-state index is 12.8. The van der Waals surface area contributed by atoms with Gasteiger partial charge >= 0.3 is 0 Å². The number of ketones is 1. The first-order chi connectivity index (χ1) is 10.1. The summed E-state index contributed by atoms with van der Waals surface area (Å²) in [5.41, 5.74) is 2.49. The molecule has 2 aromatic heterocycles. The summed E-state index contributed by atoms with van der Waals surface area (Å²) in [4.78, 5) is 12.8. The van der Waals surface area contributed by atoms with E-state index in [0.29, 0.717) is 41.0 Å². The minimum atomic E-state index is -0.106. The minimum absolute atomic E-state index is 0.106. The first kappa shape index (κ1) is 15.8. The molecule has 0 atom stereocenters. The smallest absolute Gasteiger partial charge is 0.214 e. The second-order valence-electron chi connectivity index (χ2n) is 4.59. The zero-order chi connectivity index (χ0) is 15.4. The third-order valence-electron chi connectivity index (χ3n) is 3.09. The van der Waals surface area contributed by atoms with E-state index in [1.807, 2.05) is 13.8 Å². The zero-order valence-corrected chi connectivity index (χ0v) is 13.8. The molecule has 0 aliphatic rings. The lowest BCUT2D eigenvalue weighted by molar-refractivity contribution is 0.102. The fraction of sp³-hybridized carbons (Fsp3) is 0.429. The molecule has 21 heavy (non-hydrogen) atoms. The van der Waals surface area contributed by atoms with Crippen LogP contribution in [0.4, 0.5) is 0 Å². The van der Waals surface area contributed by atoms with Crippen molar-refractivity contribution in [1.82, 2.24) is 20.0 Å². The van der Waals surface area contributed by atoms with Gasteiger partial charge in [-0.2, -0.15) is 15.3 Å². The van der Waals surface area contributed by atoms with Crippen molar-refractivity contribution in [1.29, 1.82) is 0 Å². The Balaban J connectivity index is 2.45. The van der Waals surface area contributed by atoms with Crippen LogP contribution in [-0.4, -0.2) is 39.5 Å². The largest absolute Gasteiger partial charge is 0.383 e. The normalized spacial score (nSPS) is 10.9. The number of nitrogens with zero attached hydrogens (tertiary/aromatic N) is 4. The van der Waals surface area contributed by atoms with Crippen LogP contribution in [0.3, 0.4) is 0 Å². The Morgan fingerprint density at radius 1 is 1.43 bits per heavy atom. The number of carbonyl (C=O) groups excluding carboxylic acids is 1. The molecule has 0 aromatic carbocycles. The first-order valence-corrected chi connectivity index (χ1v) is 7.45. The highest BCUT2D eigenvalue weighted by Gasteiger charge is 2.22. The molecule has 2 rings (SSSR count). The Hall–Kier alpha value is -1.60. The number of hydrogen-bond donors (Lipinski definition) is 0. The third-order valence-corrected chi connectivity index (χ3v) is 3.67. The lowest BCUT2D eigenvalue weighted by Crippen LogP contribution is -2.17. The summed E-state index contributed by atoms with van der Waals surface area (Å²) >= 11 is 3.39. The fourth-order valence-corrected chi connectivity index (χ4v) is 2.51. The van der Waals surface area contributed by atoms with Crippen LogP contribution in [0.2, 0.25) is 0 Å². The third kappa shape index (κ3) is 3.36. The molecule has 0 amide bonds. The van der Waals surface area contributed by atoms with E-state index in [1.165, 1.54) is 0 Å². The predicted molar refractivity (Wildman–Crippen MR) is 81.4 cm³/mol.